The normalized spacial score (nSPS) is 11.3. The minimum absolute atomic E-state index is 0.400. The summed E-state index contributed by atoms with van der Waals surface area (Å²) in [5, 5.41) is 6.32. The number of ether oxygens (including phenoxy) is 1. The summed E-state index contributed by atoms with van der Waals surface area (Å²) in [6, 6.07) is 17.3. The van der Waals surface area contributed by atoms with Crippen LogP contribution >= 0.6 is 11.3 Å². The van der Waals surface area contributed by atoms with Gasteiger partial charge in [-0.05, 0) is 37.6 Å². The van der Waals surface area contributed by atoms with Gasteiger partial charge in [0.1, 0.15) is 11.5 Å². The van der Waals surface area contributed by atoms with E-state index in [1.54, 1.807) is 11.3 Å². The van der Waals surface area contributed by atoms with Crippen LogP contribution in [0.15, 0.2) is 65.0 Å². The van der Waals surface area contributed by atoms with Crippen molar-refractivity contribution in [1.82, 2.24) is 4.98 Å². The zero-order chi connectivity index (χ0) is 18.2. The van der Waals surface area contributed by atoms with Gasteiger partial charge in [-0.15, -0.1) is 11.3 Å². The Morgan fingerprint density at radius 1 is 1.15 bits per heavy atom. The Hall–Kier alpha value is -2.86. The van der Waals surface area contributed by atoms with Crippen molar-refractivity contribution in [3.05, 3.63) is 70.7 Å². The standard InChI is InChI=1S/C20H22N4OS/c1-15-14-26-19(23-15)11-6-12-22-20(21)24-16-7-5-10-18(13-16)25-17-8-3-2-4-9-17/h2-5,7-10,13-14H,6,11-12H2,1H3,(H3,21,22,24). The number of nitrogens with two attached hydrogens (primary N) is 1. The second kappa shape index (κ2) is 9.01. The molecule has 2 aromatic carbocycles. The number of para-hydroxylation sites is 1. The summed E-state index contributed by atoms with van der Waals surface area (Å²) < 4.78 is 5.82. The molecule has 0 bridgehead atoms. The highest BCUT2D eigenvalue weighted by Gasteiger charge is 2.01. The van der Waals surface area contributed by atoms with Crippen LogP contribution in [0.4, 0.5) is 5.69 Å². The van der Waals surface area contributed by atoms with Crippen LogP contribution in [-0.2, 0) is 6.42 Å². The number of aliphatic imine (C=N–C) groups is 1. The summed E-state index contributed by atoms with van der Waals surface area (Å²) in [6.45, 7) is 2.67. The van der Waals surface area contributed by atoms with E-state index in [-0.39, 0.29) is 0 Å². The van der Waals surface area contributed by atoms with Crippen LogP contribution in [-0.4, -0.2) is 17.5 Å². The van der Waals surface area contributed by atoms with Crippen LogP contribution < -0.4 is 15.8 Å². The molecule has 0 radical (unpaired) electrons. The monoisotopic (exact) mass is 366 g/mol. The van der Waals surface area contributed by atoms with E-state index in [2.05, 4.69) is 20.7 Å². The quantitative estimate of drug-likeness (QED) is 0.364. The number of aromatic nitrogens is 1. The average molecular weight is 366 g/mol. The highest BCUT2D eigenvalue weighted by molar-refractivity contribution is 7.09. The van der Waals surface area contributed by atoms with Gasteiger partial charge in [0, 0.05) is 35.8 Å². The van der Waals surface area contributed by atoms with E-state index < -0.39 is 0 Å². The van der Waals surface area contributed by atoms with E-state index in [1.807, 2.05) is 61.5 Å². The lowest BCUT2D eigenvalue weighted by molar-refractivity contribution is 0.483. The van der Waals surface area contributed by atoms with Crippen LogP contribution in [0, 0.1) is 6.92 Å². The van der Waals surface area contributed by atoms with Crippen molar-refractivity contribution in [3.63, 3.8) is 0 Å². The van der Waals surface area contributed by atoms with Gasteiger partial charge in [0.05, 0.1) is 5.01 Å². The molecule has 1 aromatic heterocycles. The molecule has 0 atom stereocenters. The number of hydrogen-bond acceptors (Lipinski definition) is 4. The predicted octanol–water partition coefficient (Wildman–Crippen LogP) is 4.60. The predicted molar refractivity (Wildman–Crippen MR) is 108 cm³/mol. The molecule has 0 saturated carbocycles. The molecule has 0 saturated heterocycles. The number of anilines is 1. The van der Waals surface area contributed by atoms with E-state index in [0.29, 0.717) is 12.5 Å². The second-order valence-electron chi connectivity index (χ2n) is 5.82. The lowest BCUT2D eigenvalue weighted by Crippen LogP contribution is -2.22. The number of rotatable bonds is 7. The molecule has 0 spiro atoms. The number of nitrogens with zero attached hydrogens (tertiary/aromatic N) is 2. The van der Waals surface area contributed by atoms with Crippen molar-refractivity contribution in [2.45, 2.75) is 19.8 Å². The molecule has 0 aliphatic carbocycles. The van der Waals surface area contributed by atoms with Gasteiger partial charge in [-0.25, -0.2) is 4.98 Å². The van der Waals surface area contributed by atoms with Gasteiger partial charge in [0.25, 0.3) is 0 Å². The largest absolute Gasteiger partial charge is 0.457 e. The summed E-state index contributed by atoms with van der Waals surface area (Å²) in [6.07, 6.45) is 1.85. The van der Waals surface area contributed by atoms with Crippen molar-refractivity contribution < 1.29 is 4.74 Å². The third-order valence-electron chi connectivity index (χ3n) is 3.58. The van der Waals surface area contributed by atoms with Crippen LogP contribution in [0.25, 0.3) is 0 Å². The molecule has 26 heavy (non-hydrogen) atoms. The van der Waals surface area contributed by atoms with Gasteiger partial charge in [0.15, 0.2) is 5.96 Å². The maximum atomic E-state index is 5.98. The smallest absolute Gasteiger partial charge is 0.193 e. The first-order chi connectivity index (χ1) is 12.7. The highest BCUT2D eigenvalue weighted by Crippen LogP contribution is 2.23. The first-order valence-corrected chi connectivity index (χ1v) is 9.38. The Balaban J connectivity index is 1.50. The number of aryl methyl sites for hydroxylation is 2. The van der Waals surface area contributed by atoms with Gasteiger partial charge in [0.2, 0.25) is 0 Å². The third kappa shape index (κ3) is 5.60. The summed E-state index contributed by atoms with van der Waals surface area (Å²) >= 11 is 1.69. The first kappa shape index (κ1) is 17.9. The van der Waals surface area contributed by atoms with Crippen molar-refractivity contribution >= 4 is 23.0 Å². The minimum Gasteiger partial charge on any atom is -0.457 e. The van der Waals surface area contributed by atoms with Crippen LogP contribution in [0.1, 0.15) is 17.1 Å². The van der Waals surface area contributed by atoms with Gasteiger partial charge < -0.3 is 15.8 Å². The molecule has 3 rings (SSSR count). The molecule has 3 N–H and O–H groups in total. The molecule has 0 unspecified atom stereocenters. The fourth-order valence-corrected chi connectivity index (χ4v) is 3.21. The van der Waals surface area contributed by atoms with Crippen molar-refractivity contribution in [2.75, 3.05) is 11.9 Å². The van der Waals surface area contributed by atoms with Crippen LogP contribution in [0.2, 0.25) is 0 Å². The average Bonchev–Trinajstić information content (AvgIpc) is 3.05. The molecular weight excluding hydrogens is 344 g/mol. The molecule has 6 heteroatoms. The van der Waals surface area contributed by atoms with Gasteiger partial charge in [-0.2, -0.15) is 0 Å². The molecule has 0 aliphatic heterocycles. The number of nitrogens with one attached hydrogen (secondary N) is 1. The van der Waals surface area contributed by atoms with E-state index in [1.165, 1.54) is 0 Å². The molecule has 5 nitrogen and oxygen atoms in total. The second-order valence-corrected chi connectivity index (χ2v) is 6.76. The molecule has 0 fully saturated rings. The zero-order valence-electron chi connectivity index (χ0n) is 14.7. The maximum absolute atomic E-state index is 5.98. The van der Waals surface area contributed by atoms with E-state index in [4.69, 9.17) is 10.5 Å². The minimum atomic E-state index is 0.400. The number of hydrogen-bond donors (Lipinski definition) is 2. The van der Waals surface area contributed by atoms with E-state index >= 15 is 0 Å². The fourth-order valence-electron chi connectivity index (χ4n) is 2.40. The lowest BCUT2D eigenvalue weighted by atomic mass is 10.3. The van der Waals surface area contributed by atoms with Crippen LogP contribution in [0.5, 0.6) is 11.5 Å². The molecule has 1 heterocycles. The third-order valence-corrected chi connectivity index (χ3v) is 4.61. The van der Waals surface area contributed by atoms with Crippen LogP contribution in [0.3, 0.4) is 0 Å². The molecule has 3 aromatic rings. The highest BCUT2D eigenvalue weighted by atomic mass is 32.1. The summed E-state index contributed by atoms with van der Waals surface area (Å²) in [4.78, 5) is 8.82. The zero-order valence-corrected chi connectivity index (χ0v) is 15.5. The number of benzene rings is 2. The maximum Gasteiger partial charge on any atom is 0.193 e. The Morgan fingerprint density at radius 2 is 1.96 bits per heavy atom. The topological polar surface area (TPSA) is 72.5 Å². The lowest BCUT2D eigenvalue weighted by Gasteiger charge is -2.09. The van der Waals surface area contributed by atoms with Gasteiger partial charge >= 0.3 is 0 Å². The molecule has 0 amide bonds. The van der Waals surface area contributed by atoms with E-state index in [9.17, 15) is 0 Å². The summed E-state index contributed by atoms with van der Waals surface area (Å²) in [5.41, 5.74) is 7.90. The number of thiazole rings is 1. The van der Waals surface area contributed by atoms with Crippen molar-refractivity contribution in [2.24, 2.45) is 10.7 Å². The van der Waals surface area contributed by atoms with Gasteiger partial charge in [-0.1, -0.05) is 24.3 Å². The SMILES string of the molecule is Cc1csc(CCCN=C(N)Nc2cccc(Oc3ccccc3)c2)n1. The van der Waals surface area contributed by atoms with Crippen molar-refractivity contribution in [1.29, 1.82) is 0 Å². The fraction of sp³-hybridized carbons (Fsp3) is 0.200. The Bertz CT molecular complexity index is 861. The molecular formula is C20H22N4OS. The van der Waals surface area contributed by atoms with Gasteiger partial charge in [-0.3, -0.25) is 4.99 Å². The summed E-state index contributed by atoms with van der Waals surface area (Å²) in [5.74, 6) is 1.94. The van der Waals surface area contributed by atoms with E-state index in [0.717, 1.165) is 40.7 Å². The Labute approximate surface area is 157 Å². The first-order valence-electron chi connectivity index (χ1n) is 8.50. The molecule has 134 valence electrons. The summed E-state index contributed by atoms with van der Waals surface area (Å²) in [7, 11) is 0. The van der Waals surface area contributed by atoms with Crippen molar-refractivity contribution in [3.8, 4) is 11.5 Å². The Kier molecular flexibility index (Phi) is 6.22. The number of guanidine groups is 1. The Morgan fingerprint density at radius 3 is 2.73 bits per heavy atom. The molecule has 0 aliphatic rings.